The predicted molar refractivity (Wildman–Crippen MR) is 139 cm³/mol. The molecule has 1 aliphatic heterocycles. The van der Waals surface area contributed by atoms with Crippen LogP contribution in [0.15, 0.2) is 71.6 Å². The smallest absolute Gasteiger partial charge is 0.261 e. The molecule has 3 aromatic carbocycles. The number of anilines is 1. The van der Waals surface area contributed by atoms with Gasteiger partial charge in [-0.05, 0) is 56.2 Å². The van der Waals surface area contributed by atoms with E-state index in [1.807, 2.05) is 31.2 Å². The highest BCUT2D eigenvalue weighted by Crippen LogP contribution is 2.42. The maximum atomic E-state index is 13.3. The van der Waals surface area contributed by atoms with E-state index in [1.54, 1.807) is 12.1 Å². The zero-order valence-corrected chi connectivity index (χ0v) is 21.5. The molecule has 3 aromatic rings. The summed E-state index contributed by atoms with van der Waals surface area (Å²) in [6, 6.07) is 18.5. The Bertz CT molecular complexity index is 1340. The molecule has 4 rings (SSSR count). The lowest BCUT2D eigenvalue weighted by atomic mass is 9.83. The van der Waals surface area contributed by atoms with Gasteiger partial charge in [0.25, 0.3) is 15.9 Å². The molecule has 0 bridgehead atoms. The minimum Gasteiger partial charge on any atom is -0.487 e. The van der Waals surface area contributed by atoms with Crippen LogP contribution in [0.5, 0.6) is 5.75 Å². The molecule has 1 unspecified atom stereocenters. The number of hydrogen-bond donors (Lipinski definition) is 2. The zero-order chi connectivity index (χ0) is 25.2. The second-order valence-electron chi connectivity index (χ2n) is 8.87. The minimum absolute atomic E-state index is 0.137. The first-order valence-electron chi connectivity index (χ1n) is 11.6. The number of hydrogen-bond acceptors (Lipinski definition) is 4. The standard InChI is InChI=1S/C27H29ClN2O4S/c1-4-27(5-2)17-24(21-8-6-7-9-25(21)34-27)29-26(31)22-16-19(12-15-23(22)28)30-35(32,33)20-13-10-18(3)11-14-20/h6-16,24,30H,4-5,17H2,1-3H3,(H,29,31). The largest absolute Gasteiger partial charge is 0.487 e. The number of carbonyl (C=O) groups excluding carboxylic acids is 1. The zero-order valence-electron chi connectivity index (χ0n) is 20.0. The van der Waals surface area contributed by atoms with Crippen LogP contribution in [-0.2, 0) is 10.0 Å². The number of para-hydroxylation sites is 1. The topological polar surface area (TPSA) is 84.5 Å². The summed E-state index contributed by atoms with van der Waals surface area (Å²) in [4.78, 5) is 13.5. The van der Waals surface area contributed by atoms with Crippen molar-refractivity contribution in [2.24, 2.45) is 0 Å². The summed E-state index contributed by atoms with van der Waals surface area (Å²) in [6.45, 7) is 6.05. The Morgan fingerprint density at radius 1 is 1.06 bits per heavy atom. The molecule has 0 aliphatic carbocycles. The molecule has 0 saturated carbocycles. The van der Waals surface area contributed by atoms with Crippen LogP contribution in [0.4, 0.5) is 5.69 Å². The summed E-state index contributed by atoms with van der Waals surface area (Å²) in [5, 5.41) is 3.34. The number of fused-ring (bicyclic) bond motifs is 1. The number of rotatable bonds is 7. The average molecular weight is 513 g/mol. The SMILES string of the molecule is CCC1(CC)CC(NC(=O)c2cc(NS(=O)(=O)c3ccc(C)cc3)ccc2Cl)c2ccccc2O1. The highest BCUT2D eigenvalue weighted by Gasteiger charge is 2.39. The van der Waals surface area contributed by atoms with E-state index in [9.17, 15) is 13.2 Å². The van der Waals surface area contributed by atoms with Gasteiger partial charge in [-0.25, -0.2) is 8.42 Å². The highest BCUT2D eigenvalue weighted by molar-refractivity contribution is 7.92. The normalized spacial score (nSPS) is 16.6. The Kier molecular flexibility index (Phi) is 7.10. The van der Waals surface area contributed by atoms with E-state index in [0.717, 1.165) is 29.7 Å². The maximum absolute atomic E-state index is 13.3. The molecular weight excluding hydrogens is 484 g/mol. The Hall–Kier alpha value is -3.03. The van der Waals surface area contributed by atoms with Crippen LogP contribution in [0.3, 0.4) is 0 Å². The molecular formula is C27H29ClN2O4S. The molecule has 6 nitrogen and oxygen atoms in total. The number of amides is 1. The first-order valence-corrected chi connectivity index (χ1v) is 13.5. The third-order valence-electron chi connectivity index (χ3n) is 6.59. The van der Waals surface area contributed by atoms with Crippen LogP contribution >= 0.6 is 11.6 Å². The molecule has 0 aromatic heterocycles. The number of ether oxygens (including phenoxy) is 1. The molecule has 184 valence electrons. The molecule has 0 fully saturated rings. The molecule has 1 amide bonds. The number of carbonyl (C=O) groups is 1. The maximum Gasteiger partial charge on any atom is 0.261 e. The van der Waals surface area contributed by atoms with Crippen molar-refractivity contribution in [3.8, 4) is 5.75 Å². The van der Waals surface area contributed by atoms with Crippen molar-refractivity contribution in [3.63, 3.8) is 0 Å². The number of halogens is 1. The van der Waals surface area contributed by atoms with Crippen molar-refractivity contribution in [1.82, 2.24) is 5.32 Å². The number of sulfonamides is 1. The summed E-state index contributed by atoms with van der Waals surface area (Å²) in [7, 11) is -3.82. The third-order valence-corrected chi connectivity index (χ3v) is 8.31. The molecule has 0 spiro atoms. The van der Waals surface area contributed by atoms with Crippen LogP contribution < -0.4 is 14.8 Å². The Morgan fingerprint density at radius 2 is 1.74 bits per heavy atom. The van der Waals surface area contributed by atoms with Crippen molar-refractivity contribution < 1.29 is 17.9 Å². The van der Waals surface area contributed by atoms with E-state index in [2.05, 4.69) is 23.9 Å². The highest BCUT2D eigenvalue weighted by atomic mass is 35.5. The number of benzene rings is 3. The quantitative estimate of drug-likeness (QED) is 0.391. The van der Waals surface area contributed by atoms with E-state index < -0.39 is 10.0 Å². The van der Waals surface area contributed by atoms with E-state index >= 15 is 0 Å². The lowest BCUT2D eigenvalue weighted by molar-refractivity contribution is 0.0227. The van der Waals surface area contributed by atoms with Gasteiger partial charge in [-0.1, -0.05) is 61.3 Å². The van der Waals surface area contributed by atoms with Gasteiger partial charge in [0, 0.05) is 17.7 Å². The van der Waals surface area contributed by atoms with Crippen LogP contribution in [0, 0.1) is 6.92 Å². The van der Waals surface area contributed by atoms with Gasteiger partial charge in [-0.15, -0.1) is 0 Å². The van der Waals surface area contributed by atoms with Crippen molar-refractivity contribution in [2.75, 3.05) is 4.72 Å². The first kappa shape index (κ1) is 25.1. The van der Waals surface area contributed by atoms with Gasteiger partial charge in [-0.3, -0.25) is 9.52 Å². The van der Waals surface area contributed by atoms with E-state index in [1.165, 1.54) is 30.3 Å². The van der Waals surface area contributed by atoms with Crippen LogP contribution in [0.2, 0.25) is 5.02 Å². The van der Waals surface area contributed by atoms with Gasteiger partial charge in [0.2, 0.25) is 0 Å². The van der Waals surface area contributed by atoms with Crippen molar-refractivity contribution >= 4 is 33.2 Å². The Morgan fingerprint density at radius 3 is 2.43 bits per heavy atom. The first-order chi connectivity index (χ1) is 16.7. The summed E-state index contributed by atoms with van der Waals surface area (Å²) in [5.74, 6) is 0.382. The fraction of sp³-hybridized carbons (Fsp3) is 0.296. The molecule has 2 N–H and O–H groups in total. The van der Waals surface area contributed by atoms with Crippen LogP contribution in [0.25, 0.3) is 0 Å². The average Bonchev–Trinajstić information content (AvgIpc) is 2.85. The van der Waals surface area contributed by atoms with Crippen LogP contribution in [0.1, 0.15) is 60.6 Å². The monoisotopic (exact) mass is 512 g/mol. The molecule has 1 aliphatic rings. The lowest BCUT2D eigenvalue weighted by Crippen LogP contribution is -2.44. The van der Waals surface area contributed by atoms with Crippen molar-refractivity contribution in [1.29, 1.82) is 0 Å². The second kappa shape index (κ2) is 9.91. The van der Waals surface area contributed by atoms with E-state index in [-0.39, 0.29) is 38.7 Å². The van der Waals surface area contributed by atoms with Gasteiger partial charge >= 0.3 is 0 Å². The fourth-order valence-electron chi connectivity index (χ4n) is 4.36. The van der Waals surface area contributed by atoms with E-state index in [0.29, 0.717) is 6.42 Å². The molecule has 0 saturated heterocycles. The molecule has 8 heteroatoms. The molecule has 0 radical (unpaired) electrons. The lowest BCUT2D eigenvalue weighted by Gasteiger charge is -2.41. The van der Waals surface area contributed by atoms with Gasteiger partial charge in [-0.2, -0.15) is 0 Å². The van der Waals surface area contributed by atoms with Crippen molar-refractivity contribution in [3.05, 3.63) is 88.4 Å². The Balaban J connectivity index is 1.59. The van der Waals surface area contributed by atoms with Gasteiger partial charge < -0.3 is 10.1 Å². The fourth-order valence-corrected chi connectivity index (χ4v) is 5.61. The predicted octanol–water partition coefficient (Wildman–Crippen LogP) is 6.26. The molecule has 35 heavy (non-hydrogen) atoms. The second-order valence-corrected chi connectivity index (χ2v) is 11.0. The Labute approximate surface area is 211 Å². The summed E-state index contributed by atoms with van der Waals surface area (Å²) >= 11 is 6.36. The molecule has 1 atom stereocenters. The van der Waals surface area contributed by atoms with Crippen LogP contribution in [-0.4, -0.2) is 19.9 Å². The summed E-state index contributed by atoms with van der Waals surface area (Å²) in [6.07, 6.45) is 2.24. The summed E-state index contributed by atoms with van der Waals surface area (Å²) in [5.41, 5.74) is 1.94. The summed E-state index contributed by atoms with van der Waals surface area (Å²) < 4.78 is 34.5. The third kappa shape index (κ3) is 5.31. The minimum atomic E-state index is -3.82. The molecule has 1 heterocycles. The van der Waals surface area contributed by atoms with Gasteiger partial charge in [0.1, 0.15) is 11.4 Å². The van der Waals surface area contributed by atoms with Gasteiger partial charge in [0.15, 0.2) is 0 Å². The number of aryl methyl sites for hydroxylation is 1. The van der Waals surface area contributed by atoms with E-state index in [4.69, 9.17) is 16.3 Å². The van der Waals surface area contributed by atoms with Gasteiger partial charge in [0.05, 0.1) is 21.5 Å². The number of nitrogens with one attached hydrogen (secondary N) is 2. The van der Waals surface area contributed by atoms with Crippen molar-refractivity contribution in [2.45, 2.75) is 56.6 Å².